The molecule has 0 saturated heterocycles. The Morgan fingerprint density at radius 3 is 2.43 bits per heavy atom. The number of aromatic nitrogens is 2. The van der Waals surface area contributed by atoms with Crippen LogP contribution in [0, 0.1) is 6.92 Å². The minimum atomic E-state index is 0.203. The molecule has 1 heterocycles. The fourth-order valence-electron chi connectivity index (χ4n) is 2.42. The molecular formula is C16H21Cl2N3. The van der Waals surface area contributed by atoms with Gasteiger partial charge in [-0.2, -0.15) is 5.10 Å². The maximum absolute atomic E-state index is 6.37. The number of rotatable bonds is 6. The van der Waals surface area contributed by atoms with Crippen molar-refractivity contribution in [3.63, 3.8) is 0 Å². The number of halogens is 2. The molecule has 0 fully saturated rings. The largest absolute Gasteiger partial charge is 0.310 e. The smallest absolute Gasteiger partial charge is 0.0847 e. The summed E-state index contributed by atoms with van der Waals surface area (Å²) in [4.78, 5) is 0. The Morgan fingerprint density at radius 1 is 1.24 bits per heavy atom. The topological polar surface area (TPSA) is 29.9 Å². The lowest BCUT2D eigenvalue weighted by molar-refractivity contribution is 0.512. The van der Waals surface area contributed by atoms with Crippen LogP contribution in [0.15, 0.2) is 24.3 Å². The summed E-state index contributed by atoms with van der Waals surface area (Å²) in [5.41, 5.74) is 3.14. The van der Waals surface area contributed by atoms with Crippen LogP contribution in [0.4, 0.5) is 0 Å². The van der Waals surface area contributed by atoms with Crippen LogP contribution in [0.3, 0.4) is 0 Å². The van der Waals surface area contributed by atoms with Crippen molar-refractivity contribution in [3.05, 3.63) is 51.3 Å². The molecule has 1 unspecified atom stereocenters. The molecule has 2 rings (SSSR count). The van der Waals surface area contributed by atoms with Gasteiger partial charge in [0.1, 0.15) is 0 Å². The molecule has 3 nitrogen and oxygen atoms in total. The summed E-state index contributed by atoms with van der Waals surface area (Å²) < 4.78 is 1.87. The van der Waals surface area contributed by atoms with E-state index in [-0.39, 0.29) is 6.04 Å². The number of hydrogen-bond donors (Lipinski definition) is 1. The van der Waals surface area contributed by atoms with Gasteiger partial charge in [0.25, 0.3) is 0 Å². The first kappa shape index (κ1) is 16.3. The molecule has 21 heavy (non-hydrogen) atoms. The second-order valence-electron chi connectivity index (χ2n) is 5.23. The minimum Gasteiger partial charge on any atom is -0.310 e. The maximum Gasteiger partial charge on any atom is 0.0847 e. The van der Waals surface area contributed by atoms with Gasteiger partial charge in [-0.05, 0) is 37.6 Å². The van der Waals surface area contributed by atoms with Gasteiger partial charge >= 0.3 is 0 Å². The third-order valence-corrected chi connectivity index (χ3v) is 4.32. The van der Waals surface area contributed by atoms with Crippen molar-refractivity contribution in [2.45, 2.75) is 32.7 Å². The second kappa shape index (κ2) is 7.30. The molecule has 0 bridgehead atoms. The quantitative estimate of drug-likeness (QED) is 0.857. The molecule has 0 aliphatic heterocycles. The number of benzene rings is 1. The Morgan fingerprint density at radius 2 is 1.90 bits per heavy atom. The molecule has 1 atom stereocenters. The zero-order valence-corrected chi connectivity index (χ0v) is 14.2. The SMILES string of the molecule is CCCNC(Cc1c(Cl)c(C)nn1C)c1ccc(Cl)cc1. The van der Waals surface area contributed by atoms with Gasteiger partial charge in [0.05, 0.1) is 16.4 Å². The fraction of sp³-hybridized carbons (Fsp3) is 0.438. The standard InChI is InChI=1S/C16H21Cl2N3/c1-4-9-19-14(12-5-7-13(17)8-6-12)10-15-16(18)11(2)20-21(15)3/h5-8,14,19H,4,9-10H2,1-3H3. The van der Waals surface area contributed by atoms with E-state index >= 15 is 0 Å². The van der Waals surface area contributed by atoms with Crippen LogP contribution in [0.1, 0.15) is 36.3 Å². The monoisotopic (exact) mass is 325 g/mol. The molecular weight excluding hydrogens is 305 g/mol. The van der Waals surface area contributed by atoms with Gasteiger partial charge in [-0.15, -0.1) is 0 Å². The summed E-state index contributed by atoms with van der Waals surface area (Å²) in [5, 5.41) is 9.47. The third-order valence-electron chi connectivity index (χ3n) is 3.57. The van der Waals surface area contributed by atoms with Crippen molar-refractivity contribution in [1.29, 1.82) is 0 Å². The van der Waals surface area contributed by atoms with Gasteiger partial charge in [-0.25, -0.2) is 0 Å². The van der Waals surface area contributed by atoms with Crippen LogP contribution in [0.25, 0.3) is 0 Å². The predicted molar refractivity (Wildman–Crippen MR) is 89.1 cm³/mol. The van der Waals surface area contributed by atoms with E-state index < -0.39 is 0 Å². The fourth-order valence-corrected chi connectivity index (χ4v) is 2.78. The van der Waals surface area contributed by atoms with E-state index in [1.54, 1.807) is 0 Å². The Labute approximate surface area is 136 Å². The molecule has 114 valence electrons. The van der Waals surface area contributed by atoms with Gasteiger partial charge in [0.2, 0.25) is 0 Å². The zero-order valence-electron chi connectivity index (χ0n) is 12.7. The Balaban J connectivity index is 2.25. The van der Waals surface area contributed by atoms with Gasteiger partial charge < -0.3 is 5.32 Å². The van der Waals surface area contributed by atoms with Crippen molar-refractivity contribution in [1.82, 2.24) is 15.1 Å². The molecule has 0 saturated carbocycles. The van der Waals surface area contributed by atoms with Crippen molar-refractivity contribution in [2.75, 3.05) is 6.54 Å². The summed E-state index contributed by atoms with van der Waals surface area (Å²) >= 11 is 12.4. The van der Waals surface area contributed by atoms with E-state index in [1.165, 1.54) is 5.56 Å². The summed E-state index contributed by atoms with van der Waals surface area (Å²) in [5.74, 6) is 0. The third kappa shape index (κ3) is 4.00. The summed E-state index contributed by atoms with van der Waals surface area (Å²) in [6, 6.07) is 8.18. The van der Waals surface area contributed by atoms with Crippen LogP contribution >= 0.6 is 23.2 Å². The van der Waals surface area contributed by atoms with E-state index in [4.69, 9.17) is 23.2 Å². The van der Waals surface area contributed by atoms with Crippen LogP contribution in [-0.4, -0.2) is 16.3 Å². The number of nitrogens with zero attached hydrogens (tertiary/aromatic N) is 2. The molecule has 5 heteroatoms. The summed E-state index contributed by atoms with van der Waals surface area (Å²) in [6.45, 7) is 5.05. The lowest BCUT2D eigenvalue weighted by Gasteiger charge is -2.19. The molecule has 1 aromatic heterocycles. The first-order valence-corrected chi connectivity index (χ1v) is 7.95. The molecule has 2 aromatic rings. The molecule has 0 aliphatic rings. The lowest BCUT2D eigenvalue weighted by atomic mass is 10.0. The lowest BCUT2D eigenvalue weighted by Crippen LogP contribution is -2.25. The van der Waals surface area contributed by atoms with E-state index in [2.05, 4.69) is 29.5 Å². The second-order valence-corrected chi connectivity index (χ2v) is 6.05. The Hall–Kier alpha value is -1.03. The van der Waals surface area contributed by atoms with Crippen molar-refractivity contribution >= 4 is 23.2 Å². The first-order valence-electron chi connectivity index (χ1n) is 7.19. The first-order chi connectivity index (χ1) is 10.0. The van der Waals surface area contributed by atoms with E-state index in [1.807, 2.05) is 30.8 Å². The van der Waals surface area contributed by atoms with Crippen molar-refractivity contribution in [3.8, 4) is 0 Å². The highest BCUT2D eigenvalue weighted by Gasteiger charge is 2.18. The van der Waals surface area contributed by atoms with Gasteiger partial charge in [0, 0.05) is 24.5 Å². The van der Waals surface area contributed by atoms with Crippen LogP contribution in [0.2, 0.25) is 10.0 Å². The molecule has 1 aromatic carbocycles. The van der Waals surface area contributed by atoms with E-state index in [0.29, 0.717) is 0 Å². The highest BCUT2D eigenvalue weighted by atomic mass is 35.5. The molecule has 0 radical (unpaired) electrons. The van der Waals surface area contributed by atoms with Gasteiger partial charge in [-0.3, -0.25) is 4.68 Å². The summed E-state index contributed by atoms with van der Waals surface area (Å²) in [6.07, 6.45) is 1.89. The molecule has 0 aliphatic carbocycles. The highest BCUT2D eigenvalue weighted by Crippen LogP contribution is 2.26. The van der Waals surface area contributed by atoms with Gasteiger partial charge in [-0.1, -0.05) is 42.3 Å². The molecule has 1 N–H and O–H groups in total. The average Bonchev–Trinajstić information content (AvgIpc) is 2.70. The number of aryl methyl sites for hydroxylation is 2. The summed E-state index contributed by atoms with van der Waals surface area (Å²) in [7, 11) is 1.94. The van der Waals surface area contributed by atoms with Crippen LogP contribution in [-0.2, 0) is 13.5 Å². The molecule has 0 spiro atoms. The number of nitrogens with one attached hydrogen (secondary N) is 1. The predicted octanol–water partition coefficient (Wildman–Crippen LogP) is 4.32. The Kier molecular flexibility index (Phi) is 5.68. The number of hydrogen-bond acceptors (Lipinski definition) is 2. The van der Waals surface area contributed by atoms with E-state index in [0.717, 1.165) is 40.8 Å². The van der Waals surface area contributed by atoms with Crippen molar-refractivity contribution in [2.24, 2.45) is 7.05 Å². The normalized spacial score (nSPS) is 12.6. The Bertz CT molecular complexity index is 590. The van der Waals surface area contributed by atoms with Crippen LogP contribution < -0.4 is 5.32 Å². The molecule has 0 amide bonds. The highest BCUT2D eigenvalue weighted by molar-refractivity contribution is 6.31. The zero-order chi connectivity index (χ0) is 15.4. The van der Waals surface area contributed by atoms with Crippen molar-refractivity contribution < 1.29 is 0 Å². The average molecular weight is 326 g/mol. The van der Waals surface area contributed by atoms with Crippen LogP contribution in [0.5, 0.6) is 0 Å². The van der Waals surface area contributed by atoms with E-state index in [9.17, 15) is 0 Å². The maximum atomic E-state index is 6.37. The minimum absolute atomic E-state index is 0.203. The van der Waals surface area contributed by atoms with Gasteiger partial charge in [0.15, 0.2) is 0 Å².